The molecular formula is C20H20O3. The van der Waals surface area contributed by atoms with E-state index in [0.717, 1.165) is 30.8 Å². The van der Waals surface area contributed by atoms with Gasteiger partial charge in [0.2, 0.25) is 0 Å². The lowest BCUT2D eigenvalue weighted by molar-refractivity contribution is -0.129. The second-order valence-electron chi connectivity index (χ2n) is 5.56. The number of hydrogen-bond acceptors (Lipinski definition) is 3. The van der Waals surface area contributed by atoms with Crippen LogP contribution in [0, 0.1) is 0 Å². The number of carbonyl (C=O) groups excluding carboxylic acids is 1. The third-order valence-electron chi connectivity index (χ3n) is 4.01. The van der Waals surface area contributed by atoms with Crippen molar-refractivity contribution >= 4 is 5.97 Å². The number of benzene rings is 2. The van der Waals surface area contributed by atoms with Gasteiger partial charge in [-0.15, -0.1) is 0 Å². The van der Waals surface area contributed by atoms with Crippen LogP contribution in [0.3, 0.4) is 0 Å². The molecule has 3 heteroatoms. The topological polar surface area (TPSA) is 35.5 Å². The predicted molar refractivity (Wildman–Crippen MR) is 90.6 cm³/mol. The van der Waals surface area contributed by atoms with Crippen molar-refractivity contribution < 1.29 is 14.3 Å². The average Bonchev–Trinajstić information content (AvgIpc) is 3.26. The summed E-state index contributed by atoms with van der Waals surface area (Å²) in [5.41, 5.74) is 4.73. The average molecular weight is 308 g/mol. The lowest BCUT2D eigenvalue weighted by Gasteiger charge is -2.07. The number of esters is 1. The van der Waals surface area contributed by atoms with Crippen molar-refractivity contribution in [3.05, 3.63) is 66.2 Å². The maximum atomic E-state index is 11.3. The molecule has 23 heavy (non-hydrogen) atoms. The van der Waals surface area contributed by atoms with E-state index in [1.807, 2.05) is 24.3 Å². The van der Waals surface area contributed by atoms with Gasteiger partial charge in [-0.1, -0.05) is 43.0 Å². The summed E-state index contributed by atoms with van der Waals surface area (Å²) in [6.45, 7) is 5.42. The maximum absolute atomic E-state index is 11.3. The van der Waals surface area contributed by atoms with Gasteiger partial charge in [0.1, 0.15) is 5.75 Å². The van der Waals surface area contributed by atoms with E-state index in [1.165, 1.54) is 30.0 Å². The summed E-state index contributed by atoms with van der Waals surface area (Å²) in [5.74, 6) is 0.216. The quantitative estimate of drug-likeness (QED) is 0.405. The van der Waals surface area contributed by atoms with Crippen molar-refractivity contribution in [3.8, 4) is 16.9 Å². The molecule has 1 aliphatic heterocycles. The summed E-state index contributed by atoms with van der Waals surface area (Å²) in [4.78, 5) is 11.3. The van der Waals surface area contributed by atoms with Gasteiger partial charge in [-0.2, -0.15) is 0 Å². The highest BCUT2D eigenvalue weighted by molar-refractivity contribution is 5.85. The third kappa shape index (κ3) is 3.51. The summed E-state index contributed by atoms with van der Waals surface area (Å²) in [6, 6.07) is 14.1. The molecule has 0 amide bonds. The molecule has 0 radical (unpaired) electrons. The summed E-state index contributed by atoms with van der Waals surface area (Å²) >= 11 is 0. The van der Waals surface area contributed by atoms with Gasteiger partial charge in [0.15, 0.2) is 0 Å². The monoisotopic (exact) mass is 308 g/mol. The molecule has 118 valence electrons. The fourth-order valence-corrected chi connectivity index (χ4v) is 2.88. The minimum Gasteiger partial charge on any atom is -0.423 e. The van der Waals surface area contributed by atoms with E-state index >= 15 is 0 Å². The normalized spacial score (nSPS) is 14.3. The Kier molecular flexibility index (Phi) is 4.89. The van der Waals surface area contributed by atoms with Crippen molar-refractivity contribution in [2.75, 3.05) is 13.2 Å². The Morgan fingerprint density at radius 1 is 1.04 bits per heavy atom. The Balaban J connectivity index is 0.000000267. The molecule has 1 saturated heterocycles. The zero-order valence-electron chi connectivity index (χ0n) is 13.1. The molecule has 1 heterocycles. The van der Waals surface area contributed by atoms with Crippen LogP contribution in [-0.4, -0.2) is 19.2 Å². The van der Waals surface area contributed by atoms with E-state index in [1.54, 1.807) is 0 Å². The van der Waals surface area contributed by atoms with Gasteiger partial charge in [0.05, 0.1) is 0 Å². The maximum Gasteiger partial charge on any atom is 0.335 e. The van der Waals surface area contributed by atoms with Crippen molar-refractivity contribution in [2.24, 2.45) is 0 Å². The molecule has 4 rings (SSSR count). The van der Waals surface area contributed by atoms with Crippen LogP contribution < -0.4 is 4.74 Å². The van der Waals surface area contributed by atoms with Gasteiger partial charge in [0.25, 0.3) is 0 Å². The lowest BCUT2D eigenvalue weighted by atomic mass is 10.1. The molecule has 3 nitrogen and oxygen atoms in total. The predicted octanol–water partition coefficient (Wildman–Crippen LogP) is 4.15. The molecule has 0 N–H and O–H groups in total. The number of ether oxygens (including phenoxy) is 2. The molecule has 0 atom stereocenters. The van der Waals surface area contributed by atoms with Gasteiger partial charge < -0.3 is 9.47 Å². The lowest BCUT2D eigenvalue weighted by Crippen LogP contribution is -2.04. The Morgan fingerprint density at radius 2 is 1.78 bits per heavy atom. The van der Waals surface area contributed by atoms with Crippen LogP contribution in [0.25, 0.3) is 11.1 Å². The number of fused-ring (bicyclic) bond motifs is 3. The Labute approximate surface area is 136 Å². The molecule has 2 aromatic rings. The second kappa shape index (κ2) is 7.25. The van der Waals surface area contributed by atoms with E-state index in [0.29, 0.717) is 5.75 Å². The molecule has 0 saturated carbocycles. The molecule has 2 aromatic carbocycles. The summed E-state index contributed by atoms with van der Waals surface area (Å²) in [7, 11) is 0. The highest BCUT2D eigenvalue weighted by Gasteiger charge is 2.21. The molecule has 1 fully saturated rings. The fraction of sp³-hybridized carbons (Fsp3) is 0.250. The van der Waals surface area contributed by atoms with Gasteiger partial charge >= 0.3 is 5.97 Å². The Hall–Kier alpha value is -2.39. The van der Waals surface area contributed by atoms with Crippen LogP contribution >= 0.6 is 0 Å². The molecule has 0 aromatic heterocycles. The zero-order valence-corrected chi connectivity index (χ0v) is 13.1. The van der Waals surface area contributed by atoms with E-state index in [4.69, 9.17) is 9.47 Å². The zero-order chi connectivity index (χ0) is 16.1. The minimum atomic E-state index is -0.417. The highest BCUT2D eigenvalue weighted by atomic mass is 16.5. The molecule has 0 bridgehead atoms. The molecule has 0 spiro atoms. The van der Waals surface area contributed by atoms with Crippen LogP contribution in [0.5, 0.6) is 5.75 Å². The van der Waals surface area contributed by atoms with Gasteiger partial charge in [-0.25, -0.2) is 4.79 Å². The first-order chi connectivity index (χ1) is 11.3. The third-order valence-corrected chi connectivity index (χ3v) is 4.01. The Bertz CT molecular complexity index is 707. The van der Waals surface area contributed by atoms with Gasteiger partial charge in [0, 0.05) is 31.3 Å². The van der Waals surface area contributed by atoms with E-state index in [-0.39, 0.29) is 0 Å². The Morgan fingerprint density at radius 3 is 2.48 bits per heavy atom. The SMILES string of the molecule is C1CCOC1.C=CC(=O)Oc1cccc2c1Cc1ccccc1-2. The fourth-order valence-electron chi connectivity index (χ4n) is 2.88. The number of carbonyl (C=O) groups is 1. The smallest absolute Gasteiger partial charge is 0.335 e. The van der Waals surface area contributed by atoms with E-state index < -0.39 is 5.97 Å². The van der Waals surface area contributed by atoms with E-state index in [9.17, 15) is 4.79 Å². The molecule has 1 aliphatic carbocycles. The van der Waals surface area contributed by atoms with Crippen LogP contribution in [0.2, 0.25) is 0 Å². The van der Waals surface area contributed by atoms with Crippen molar-refractivity contribution in [3.63, 3.8) is 0 Å². The summed E-state index contributed by atoms with van der Waals surface area (Å²) in [5, 5.41) is 0. The van der Waals surface area contributed by atoms with Crippen LogP contribution in [0.1, 0.15) is 24.0 Å². The number of hydrogen-bond donors (Lipinski definition) is 0. The van der Waals surface area contributed by atoms with Crippen molar-refractivity contribution in [2.45, 2.75) is 19.3 Å². The van der Waals surface area contributed by atoms with E-state index in [2.05, 4.69) is 24.8 Å². The summed E-state index contributed by atoms with van der Waals surface area (Å²) in [6.07, 6.45) is 4.55. The minimum absolute atomic E-state index is 0.417. The first-order valence-corrected chi connectivity index (χ1v) is 7.92. The highest BCUT2D eigenvalue weighted by Crippen LogP contribution is 2.40. The number of rotatable bonds is 2. The second-order valence-corrected chi connectivity index (χ2v) is 5.56. The van der Waals surface area contributed by atoms with Crippen LogP contribution in [0.4, 0.5) is 0 Å². The van der Waals surface area contributed by atoms with Gasteiger partial charge in [-0.3, -0.25) is 0 Å². The van der Waals surface area contributed by atoms with Crippen LogP contribution in [-0.2, 0) is 16.0 Å². The van der Waals surface area contributed by atoms with Crippen molar-refractivity contribution in [1.82, 2.24) is 0 Å². The standard InChI is InChI=1S/C16H12O2.C4H8O/c1-2-16(17)18-15-9-5-8-13-12-7-4-3-6-11(12)10-14(13)15;1-2-4-5-3-1/h2-9H,1,10H2;1-4H2. The first-order valence-electron chi connectivity index (χ1n) is 7.92. The largest absolute Gasteiger partial charge is 0.423 e. The molecule has 2 aliphatic rings. The van der Waals surface area contributed by atoms with Crippen LogP contribution in [0.15, 0.2) is 55.1 Å². The van der Waals surface area contributed by atoms with Gasteiger partial charge in [-0.05, 0) is 35.6 Å². The molecule has 0 unspecified atom stereocenters. The summed E-state index contributed by atoms with van der Waals surface area (Å²) < 4.78 is 10.2. The molecular weight excluding hydrogens is 288 g/mol. The first kappa shape index (κ1) is 15.5. The van der Waals surface area contributed by atoms with Crippen molar-refractivity contribution in [1.29, 1.82) is 0 Å².